The molecule has 0 atom stereocenters. The van der Waals surface area contributed by atoms with Gasteiger partial charge in [0.15, 0.2) is 5.78 Å². The molecule has 0 spiro atoms. The fourth-order valence-corrected chi connectivity index (χ4v) is 1.32. The molecule has 0 amide bonds. The van der Waals surface area contributed by atoms with Crippen LogP contribution in [0.15, 0.2) is 18.2 Å². The largest absolute Gasteiger partial charge is 0.299 e. The summed E-state index contributed by atoms with van der Waals surface area (Å²) in [6, 6.07) is 4.77. The SMILES string of the molecule is C#CCNCC(=O)c1ccc(Cl)c(Cl)c1. The zero-order chi connectivity index (χ0) is 11.3. The van der Waals surface area contributed by atoms with Gasteiger partial charge < -0.3 is 0 Å². The van der Waals surface area contributed by atoms with Gasteiger partial charge in [0.2, 0.25) is 0 Å². The highest BCUT2D eigenvalue weighted by molar-refractivity contribution is 6.42. The normalized spacial score (nSPS) is 9.67. The quantitative estimate of drug-likeness (QED) is 0.499. The van der Waals surface area contributed by atoms with Crippen LogP contribution in [0.1, 0.15) is 10.4 Å². The molecule has 0 unspecified atom stereocenters. The number of nitrogens with one attached hydrogen (secondary N) is 1. The van der Waals surface area contributed by atoms with E-state index in [1.165, 1.54) is 0 Å². The Bertz CT molecular complexity index is 410. The summed E-state index contributed by atoms with van der Waals surface area (Å²) in [4.78, 5) is 11.6. The number of Topliss-reactive ketones (excluding diaryl/α,β-unsaturated/α-hetero) is 1. The van der Waals surface area contributed by atoms with E-state index >= 15 is 0 Å². The van der Waals surface area contributed by atoms with E-state index in [-0.39, 0.29) is 12.3 Å². The topological polar surface area (TPSA) is 29.1 Å². The molecule has 0 aliphatic carbocycles. The molecule has 0 fully saturated rings. The van der Waals surface area contributed by atoms with Crippen molar-refractivity contribution >= 4 is 29.0 Å². The van der Waals surface area contributed by atoms with Crippen LogP contribution in [0.25, 0.3) is 0 Å². The first-order valence-corrected chi connectivity index (χ1v) is 5.03. The van der Waals surface area contributed by atoms with E-state index in [9.17, 15) is 4.79 Å². The Morgan fingerprint density at radius 1 is 1.40 bits per heavy atom. The van der Waals surface area contributed by atoms with Crippen LogP contribution in [0.4, 0.5) is 0 Å². The third-order valence-electron chi connectivity index (χ3n) is 1.75. The van der Waals surface area contributed by atoms with Gasteiger partial charge in [-0.3, -0.25) is 10.1 Å². The average Bonchev–Trinajstić information content (AvgIpc) is 2.22. The Labute approximate surface area is 98.6 Å². The molecular formula is C11H9Cl2NO. The highest BCUT2D eigenvalue weighted by Gasteiger charge is 2.07. The number of carbonyl (C=O) groups excluding carboxylic acids is 1. The maximum Gasteiger partial charge on any atom is 0.176 e. The van der Waals surface area contributed by atoms with Crippen LogP contribution < -0.4 is 5.32 Å². The minimum Gasteiger partial charge on any atom is -0.299 e. The molecule has 2 nitrogen and oxygen atoms in total. The van der Waals surface area contributed by atoms with Crippen LogP contribution in [-0.4, -0.2) is 18.9 Å². The molecule has 78 valence electrons. The van der Waals surface area contributed by atoms with Crippen molar-refractivity contribution in [3.63, 3.8) is 0 Å². The van der Waals surface area contributed by atoms with Gasteiger partial charge in [-0.25, -0.2) is 0 Å². The molecule has 0 aromatic heterocycles. The van der Waals surface area contributed by atoms with Crippen molar-refractivity contribution in [1.82, 2.24) is 5.32 Å². The van der Waals surface area contributed by atoms with E-state index in [0.717, 1.165) is 0 Å². The fraction of sp³-hybridized carbons (Fsp3) is 0.182. The molecule has 1 rings (SSSR count). The summed E-state index contributed by atoms with van der Waals surface area (Å²) in [6.45, 7) is 0.565. The van der Waals surface area contributed by atoms with Crippen molar-refractivity contribution in [2.75, 3.05) is 13.1 Å². The molecule has 1 N–H and O–H groups in total. The molecule has 0 radical (unpaired) electrons. The summed E-state index contributed by atoms with van der Waals surface area (Å²) in [5, 5.41) is 3.62. The van der Waals surface area contributed by atoms with Crippen LogP contribution >= 0.6 is 23.2 Å². The molecule has 1 aromatic rings. The number of rotatable bonds is 4. The van der Waals surface area contributed by atoms with Gasteiger partial charge in [-0.05, 0) is 18.2 Å². The smallest absolute Gasteiger partial charge is 0.176 e. The van der Waals surface area contributed by atoms with Crippen molar-refractivity contribution < 1.29 is 4.79 Å². The van der Waals surface area contributed by atoms with E-state index in [0.29, 0.717) is 22.2 Å². The summed E-state index contributed by atoms with van der Waals surface area (Å²) in [5.41, 5.74) is 0.522. The molecule has 0 heterocycles. The maximum atomic E-state index is 11.6. The number of ketones is 1. The molecule has 0 aliphatic rings. The van der Waals surface area contributed by atoms with Gasteiger partial charge in [-0.1, -0.05) is 29.1 Å². The minimum absolute atomic E-state index is 0.0659. The van der Waals surface area contributed by atoms with Gasteiger partial charge in [0.25, 0.3) is 0 Å². The number of hydrogen-bond donors (Lipinski definition) is 1. The number of terminal acetylenes is 1. The lowest BCUT2D eigenvalue weighted by Crippen LogP contribution is -2.23. The highest BCUT2D eigenvalue weighted by atomic mass is 35.5. The zero-order valence-corrected chi connectivity index (χ0v) is 9.40. The van der Waals surface area contributed by atoms with Crippen molar-refractivity contribution in [1.29, 1.82) is 0 Å². The number of halogens is 2. The molecule has 4 heteroatoms. The third-order valence-corrected chi connectivity index (χ3v) is 2.49. The summed E-state index contributed by atoms with van der Waals surface area (Å²) >= 11 is 11.5. The first kappa shape index (κ1) is 12.1. The van der Waals surface area contributed by atoms with Gasteiger partial charge in [0, 0.05) is 5.56 Å². The Balaban J connectivity index is 2.67. The second kappa shape index (κ2) is 5.77. The standard InChI is InChI=1S/C11H9Cl2NO/c1-2-5-14-7-11(15)8-3-4-9(12)10(13)6-8/h1,3-4,6,14H,5,7H2. The molecule has 0 saturated heterocycles. The predicted molar refractivity (Wildman–Crippen MR) is 62.5 cm³/mol. The number of benzene rings is 1. The second-order valence-electron chi connectivity index (χ2n) is 2.86. The van der Waals surface area contributed by atoms with Gasteiger partial charge >= 0.3 is 0 Å². The molecule has 0 aliphatic heterocycles. The molecular weight excluding hydrogens is 233 g/mol. The van der Waals surface area contributed by atoms with E-state index in [1.54, 1.807) is 18.2 Å². The van der Waals surface area contributed by atoms with Gasteiger partial charge in [0.1, 0.15) is 0 Å². The minimum atomic E-state index is -0.0659. The van der Waals surface area contributed by atoms with Crippen molar-refractivity contribution in [2.24, 2.45) is 0 Å². The Hall–Kier alpha value is -1.01. The molecule has 0 saturated carbocycles. The lowest BCUT2D eigenvalue weighted by atomic mass is 10.1. The van der Waals surface area contributed by atoms with Crippen LogP contribution in [0, 0.1) is 12.3 Å². The van der Waals surface area contributed by atoms with Crippen LogP contribution in [0.3, 0.4) is 0 Å². The van der Waals surface area contributed by atoms with Gasteiger partial charge in [-0.15, -0.1) is 6.42 Å². The first-order chi connectivity index (χ1) is 7.15. The van der Waals surface area contributed by atoms with Crippen molar-refractivity contribution in [3.8, 4) is 12.3 Å². The Kier molecular flexibility index (Phi) is 4.64. The van der Waals surface area contributed by atoms with Crippen LogP contribution in [0.5, 0.6) is 0 Å². The molecule has 0 bridgehead atoms. The van der Waals surface area contributed by atoms with E-state index in [2.05, 4.69) is 11.2 Å². The first-order valence-electron chi connectivity index (χ1n) is 4.27. The van der Waals surface area contributed by atoms with Crippen LogP contribution in [0.2, 0.25) is 10.0 Å². The monoisotopic (exact) mass is 241 g/mol. The third kappa shape index (κ3) is 3.56. The Morgan fingerprint density at radius 2 is 2.13 bits per heavy atom. The van der Waals surface area contributed by atoms with E-state index in [1.807, 2.05) is 0 Å². The van der Waals surface area contributed by atoms with Crippen molar-refractivity contribution in [3.05, 3.63) is 33.8 Å². The maximum absolute atomic E-state index is 11.6. The highest BCUT2D eigenvalue weighted by Crippen LogP contribution is 2.22. The summed E-state index contributed by atoms with van der Waals surface area (Å²) < 4.78 is 0. The zero-order valence-electron chi connectivity index (χ0n) is 7.89. The summed E-state index contributed by atoms with van der Waals surface area (Å²) in [6.07, 6.45) is 5.04. The summed E-state index contributed by atoms with van der Waals surface area (Å²) in [5.74, 6) is 2.32. The fourth-order valence-electron chi connectivity index (χ4n) is 1.02. The lowest BCUT2D eigenvalue weighted by molar-refractivity contribution is 0.0992. The molecule has 1 aromatic carbocycles. The predicted octanol–water partition coefficient (Wildman–Crippen LogP) is 2.40. The molecule has 15 heavy (non-hydrogen) atoms. The van der Waals surface area contributed by atoms with Crippen LogP contribution in [-0.2, 0) is 0 Å². The van der Waals surface area contributed by atoms with Gasteiger partial charge in [0.05, 0.1) is 23.1 Å². The number of carbonyl (C=O) groups is 1. The average molecular weight is 242 g/mol. The second-order valence-corrected chi connectivity index (χ2v) is 3.67. The van der Waals surface area contributed by atoms with Gasteiger partial charge in [-0.2, -0.15) is 0 Å². The lowest BCUT2D eigenvalue weighted by Gasteiger charge is -2.02. The van der Waals surface area contributed by atoms with E-state index in [4.69, 9.17) is 29.6 Å². The van der Waals surface area contributed by atoms with Crippen molar-refractivity contribution in [2.45, 2.75) is 0 Å². The Morgan fingerprint density at radius 3 is 2.73 bits per heavy atom. The van der Waals surface area contributed by atoms with E-state index < -0.39 is 0 Å². The number of hydrogen-bond acceptors (Lipinski definition) is 2. The summed E-state index contributed by atoms with van der Waals surface area (Å²) in [7, 11) is 0.